The molecule has 9 heteroatoms. The molecule has 136 valence electrons. The van der Waals surface area contributed by atoms with Gasteiger partial charge in [0, 0.05) is 31.3 Å². The van der Waals surface area contributed by atoms with Crippen molar-refractivity contribution in [1.29, 1.82) is 0 Å². The van der Waals surface area contributed by atoms with Crippen LogP contribution in [0.3, 0.4) is 0 Å². The van der Waals surface area contributed by atoms with Crippen LogP contribution in [0.2, 0.25) is 0 Å². The molecule has 0 amide bonds. The number of rotatable bonds is 5. The molecule has 0 aromatic carbocycles. The second-order valence-corrected chi connectivity index (χ2v) is 6.72. The maximum absolute atomic E-state index is 5.96. The quantitative estimate of drug-likeness (QED) is 0.724. The number of nitrogen functional groups attached to an aromatic ring is 1. The number of nitrogens with two attached hydrogens (primary N) is 1. The molecule has 1 fully saturated rings. The standard InChI is InChI=1S/C17H23N9/c1-24-15(10-26-12-19-11-21-26)22-23-17(24)13-4-7-25(8-5-13)9-14-3-2-6-20-16(14)18/h2-3,6,11-13H,4-5,7-10H2,1H3,(H2,18,20). The first-order valence-corrected chi connectivity index (χ1v) is 8.83. The van der Waals surface area contributed by atoms with Gasteiger partial charge in [-0.3, -0.25) is 4.90 Å². The largest absolute Gasteiger partial charge is 0.383 e. The first-order valence-electron chi connectivity index (χ1n) is 8.83. The topological polar surface area (TPSA) is 104 Å². The Morgan fingerprint density at radius 2 is 2.04 bits per heavy atom. The molecule has 26 heavy (non-hydrogen) atoms. The van der Waals surface area contributed by atoms with E-state index in [4.69, 9.17) is 5.73 Å². The number of anilines is 1. The lowest BCUT2D eigenvalue weighted by atomic mass is 9.95. The molecular weight excluding hydrogens is 330 g/mol. The molecular formula is C17H23N9. The lowest BCUT2D eigenvalue weighted by Crippen LogP contribution is -2.33. The minimum absolute atomic E-state index is 0.430. The molecule has 1 aliphatic heterocycles. The van der Waals surface area contributed by atoms with Gasteiger partial charge in [-0.25, -0.2) is 14.6 Å². The highest BCUT2D eigenvalue weighted by molar-refractivity contribution is 5.38. The molecule has 4 rings (SSSR count). The summed E-state index contributed by atoms with van der Waals surface area (Å²) >= 11 is 0. The van der Waals surface area contributed by atoms with Crippen LogP contribution in [0.1, 0.15) is 36.0 Å². The second-order valence-electron chi connectivity index (χ2n) is 6.72. The normalized spacial score (nSPS) is 16.2. The van der Waals surface area contributed by atoms with Gasteiger partial charge >= 0.3 is 0 Å². The van der Waals surface area contributed by atoms with Gasteiger partial charge in [-0.2, -0.15) is 5.10 Å². The predicted octanol–water partition coefficient (Wildman–Crippen LogP) is 0.812. The summed E-state index contributed by atoms with van der Waals surface area (Å²) in [4.78, 5) is 10.6. The highest BCUT2D eigenvalue weighted by Crippen LogP contribution is 2.28. The minimum atomic E-state index is 0.430. The number of likely N-dealkylation sites (tertiary alicyclic amines) is 1. The molecule has 3 aromatic heterocycles. The number of pyridine rings is 1. The van der Waals surface area contributed by atoms with Gasteiger partial charge in [0.25, 0.3) is 0 Å². The summed E-state index contributed by atoms with van der Waals surface area (Å²) in [5.41, 5.74) is 7.06. The first kappa shape index (κ1) is 16.6. The third-order valence-corrected chi connectivity index (χ3v) is 5.04. The number of hydrogen-bond acceptors (Lipinski definition) is 7. The minimum Gasteiger partial charge on any atom is -0.383 e. The van der Waals surface area contributed by atoms with Crippen LogP contribution in [-0.2, 0) is 20.1 Å². The molecule has 1 saturated heterocycles. The average Bonchev–Trinajstić information content (AvgIpc) is 3.29. The monoisotopic (exact) mass is 353 g/mol. The molecule has 3 aromatic rings. The van der Waals surface area contributed by atoms with Crippen molar-refractivity contribution in [3.05, 3.63) is 48.2 Å². The number of hydrogen-bond donors (Lipinski definition) is 1. The van der Waals surface area contributed by atoms with Gasteiger partial charge in [-0.15, -0.1) is 10.2 Å². The SMILES string of the molecule is Cn1c(Cn2cncn2)nnc1C1CCN(Cc2cccnc2N)CC1. The Labute approximate surface area is 151 Å². The van der Waals surface area contributed by atoms with Crippen molar-refractivity contribution in [2.75, 3.05) is 18.8 Å². The van der Waals surface area contributed by atoms with Crippen LogP contribution in [0.4, 0.5) is 5.82 Å². The van der Waals surface area contributed by atoms with Crippen LogP contribution < -0.4 is 5.73 Å². The van der Waals surface area contributed by atoms with Crippen LogP contribution in [0.5, 0.6) is 0 Å². The molecule has 2 N–H and O–H groups in total. The van der Waals surface area contributed by atoms with Crippen molar-refractivity contribution in [3.8, 4) is 0 Å². The van der Waals surface area contributed by atoms with E-state index in [9.17, 15) is 0 Å². The van der Waals surface area contributed by atoms with Crippen molar-refractivity contribution in [2.24, 2.45) is 7.05 Å². The summed E-state index contributed by atoms with van der Waals surface area (Å²) in [6.07, 6.45) is 7.08. The number of aromatic nitrogens is 7. The lowest BCUT2D eigenvalue weighted by Gasteiger charge is -2.31. The highest BCUT2D eigenvalue weighted by Gasteiger charge is 2.25. The van der Waals surface area contributed by atoms with Gasteiger partial charge in [-0.1, -0.05) is 6.07 Å². The molecule has 0 bridgehead atoms. The third-order valence-electron chi connectivity index (χ3n) is 5.04. The Bertz CT molecular complexity index is 847. The fraction of sp³-hybridized carbons (Fsp3) is 0.471. The van der Waals surface area contributed by atoms with Gasteiger partial charge in [0.1, 0.15) is 30.8 Å². The van der Waals surface area contributed by atoms with Crippen LogP contribution >= 0.6 is 0 Å². The van der Waals surface area contributed by atoms with E-state index in [0.717, 1.165) is 49.7 Å². The fourth-order valence-corrected chi connectivity index (χ4v) is 3.50. The maximum Gasteiger partial charge on any atom is 0.154 e. The smallest absolute Gasteiger partial charge is 0.154 e. The molecule has 0 unspecified atom stereocenters. The van der Waals surface area contributed by atoms with Crippen molar-refractivity contribution in [1.82, 2.24) is 39.4 Å². The Hall–Kier alpha value is -2.81. The van der Waals surface area contributed by atoms with E-state index in [2.05, 4.69) is 34.7 Å². The molecule has 1 aliphatic rings. The van der Waals surface area contributed by atoms with Crippen LogP contribution in [-0.4, -0.2) is 52.5 Å². The van der Waals surface area contributed by atoms with Gasteiger partial charge in [0.15, 0.2) is 5.82 Å². The van der Waals surface area contributed by atoms with Crippen molar-refractivity contribution in [3.63, 3.8) is 0 Å². The molecule has 0 radical (unpaired) electrons. The summed E-state index contributed by atoms with van der Waals surface area (Å²) in [6.45, 7) is 3.47. The number of piperidine rings is 1. The van der Waals surface area contributed by atoms with E-state index in [-0.39, 0.29) is 0 Å². The first-order chi connectivity index (χ1) is 12.7. The fourth-order valence-electron chi connectivity index (χ4n) is 3.50. The third kappa shape index (κ3) is 3.43. The Morgan fingerprint density at radius 1 is 1.19 bits per heavy atom. The average molecular weight is 353 g/mol. The molecule has 0 saturated carbocycles. The van der Waals surface area contributed by atoms with E-state index in [1.807, 2.05) is 19.2 Å². The van der Waals surface area contributed by atoms with Crippen LogP contribution in [0.15, 0.2) is 31.0 Å². The van der Waals surface area contributed by atoms with Crippen LogP contribution in [0.25, 0.3) is 0 Å². The Balaban J connectivity index is 1.37. The summed E-state index contributed by atoms with van der Waals surface area (Å²) in [5, 5.41) is 12.9. The maximum atomic E-state index is 5.96. The summed E-state index contributed by atoms with van der Waals surface area (Å²) in [6, 6.07) is 3.99. The van der Waals surface area contributed by atoms with Gasteiger partial charge < -0.3 is 10.3 Å². The summed E-state index contributed by atoms with van der Waals surface area (Å²) in [5.74, 6) is 3.01. The zero-order valence-electron chi connectivity index (χ0n) is 14.9. The van der Waals surface area contributed by atoms with E-state index >= 15 is 0 Å². The molecule has 4 heterocycles. The van der Waals surface area contributed by atoms with Crippen LogP contribution in [0, 0.1) is 0 Å². The lowest BCUT2D eigenvalue weighted by molar-refractivity contribution is 0.200. The van der Waals surface area contributed by atoms with E-state index < -0.39 is 0 Å². The van der Waals surface area contributed by atoms with Crippen molar-refractivity contribution >= 4 is 5.82 Å². The van der Waals surface area contributed by atoms with E-state index in [1.165, 1.54) is 6.33 Å². The van der Waals surface area contributed by atoms with E-state index in [1.54, 1.807) is 17.2 Å². The predicted molar refractivity (Wildman–Crippen MR) is 96.0 cm³/mol. The number of nitrogens with zero attached hydrogens (tertiary/aromatic N) is 8. The van der Waals surface area contributed by atoms with Gasteiger partial charge in [0.2, 0.25) is 0 Å². The molecule has 0 atom stereocenters. The summed E-state index contributed by atoms with van der Waals surface area (Å²) < 4.78 is 3.86. The molecule has 0 aliphatic carbocycles. The van der Waals surface area contributed by atoms with Crippen molar-refractivity contribution in [2.45, 2.75) is 31.8 Å². The Kier molecular flexibility index (Phi) is 4.61. The van der Waals surface area contributed by atoms with Gasteiger partial charge in [0.05, 0.1) is 0 Å². The van der Waals surface area contributed by atoms with E-state index in [0.29, 0.717) is 18.3 Å². The zero-order valence-corrected chi connectivity index (χ0v) is 14.9. The second kappa shape index (κ2) is 7.20. The highest BCUT2D eigenvalue weighted by atomic mass is 15.4. The molecule has 9 nitrogen and oxygen atoms in total. The zero-order chi connectivity index (χ0) is 17.9. The van der Waals surface area contributed by atoms with Gasteiger partial charge in [-0.05, 0) is 32.0 Å². The molecule has 0 spiro atoms. The van der Waals surface area contributed by atoms with Crippen molar-refractivity contribution < 1.29 is 0 Å². The summed E-state index contributed by atoms with van der Waals surface area (Å²) in [7, 11) is 2.03. The Morgan fingerprint density at radius 3 is 2.77 bits per heavy atom.